The van der Waals surface area contributed by atoms with Crippen LogP contribution >= 0.6 is 0 Å². The molecule has 12 heavy (non-hydrogen) atoms. The van der Waals surface area contributed by atoms with Gasteiger partial charge in [-0.2, -0.15) is 5.10 Å². The Morgan fingerprint density at radius 3 is 2.83 bits per heavy atom. The highest BCUT2D eigenvalue weighted by Crippen LogP contribution is 2.13. The van der Waals surface area contributed by atoms with Crippen molar-refractivity contribution in [3.05, 3.63) is 42.6 Å². The summed E-state index contributed by atoms with van der Waals surface area (Å²) in [6.45, 7) is 0. The molecule has 0 amide bonds. The lowest BCUT2D eigenvalue weighted by Gasteiger charge is -1.90. The van der Waals surface area contributed by atoms with Crippen LogP contribution in [0.15, 0.2) is 30.5 Å². The summed E-state index contributed by atoms with van der Waals surface area (Å²) in [7, 11) is 1.91. The van der Waals surface area contributed by atoms with E-state index in [9.17, 15) is 0 Å². The minimum Gasteiger partial charge on any atom is -0.275 e. The van der Waals surface area contributed by atoms with Gasteiger partial charge < -0.3 is 0 Å². The van der Waals surface area contributed by atoms with E-state index in [1.165, 1.54) is 0 Å². The smallest absolute Gasteiger partial charge is 0.0929 e. The molecule has 0 atom stereocenters. The van der Waals surface area contributed by atoms with Crippen LogP contribution < -0.4 is 0 Å². The van der Waals surface area contributed by atoms with Gasteiger partial charge in [0.25, 0.3) is 0 Å². The molecule has 2 rings (SSSR count). The zero-order valence-corrected chi connectivity index (χ0v) is 6.78. The fraction of sp³-hybridized carbons (Fsp3) is 0.100. The first kappa shape index (κ1) is 6.93. The van der Waals surface area contributed by atoms with E-state index in [1.54, 1.807) is 4.68 Å². The lowest BCUT2D eigenvalue weighted by Crippen LogP contribution is -1.87. The second-order valence-electron chi connectivity index (χ2n) is 2.60. The van der Waals surface area contributed by atoms with Crippen molar-refractivity contribution < 1.29 is 0 Å². The largest absolute Gasteiger partial charge is 0.275 e. The van der Waals surface area contributed by atoms with Crippen LogP contribution in [0.2, 0.25) is 0 Å². The molecule has 0 saturated heterocycles. The van der Waals surface area contributed by atoms with Gasteiger partial charge >= 0.3 is 0 Å². The zero-order chi connectivity index (χ0) is 8.39. The average Bonchev–Trinajstić information content (AvgIpc) is 2.54. The minimum atomic E-state index is 0.975. The van der Waals surface area contributed by atoms with Crippen LogP contribution in [0.25, 0.3) is 11.3 Å². The number of hydrogen-bond acceptors (Lipinski definition) is 1. The van der Waals surface area contributed by atoms with Gasteiger partial charge in [-0.25, -0.2) is 0 Å². The highest BCUT2D eigenvalue weighted by molar-refractivity contribution is 5.57. The van der Waals surface area contributed by atoms with E-state index >= 15 is 0 Å². The van der Waals surface area contributed by atoms with Crippen LogP contribution in [0.5, 0.6) is 0 Å². The van der Waals surface area contributed by atoms with E-state index in [2.05, 4.69) is 17.2 Å². The Kier molecular flexibility index (Phi) is 1.56. The summed E-state index contributed by atoms with van der Waals surface area (Å²) in [5, 5.41) is 4.26. The summed E-state index contributed by atoms with van der Waals surface area (Å²) in [4.78, 5) is 0. The quantitative estimate of drug-likeness (QED) is 0.614. The predicted molar refractivity (Wildman–Crippen MR) is 46.3 cm³/mol. The maximum atomic E-state index is 4.26. The van der Waals surface area contributed by atoms with E-state index in [0.717, 1.165) is 11.3 Å². The SMILES string of the molecule is Cn1ccc(-c2cc#ccc2)n1. The molecule has 2 aromatic rings. The molecule has 0 unspecified atom stereocenters. The lowest BCUT2D eigenvalue weighted by molar-refractivity contribution is 0.771. The predicted octanol–water partition coefficient (Wildman–Crippen LogP) is 1.69. The molecule has 0 aliphatic heterocycles. The molecule has 0 N–H and O–H groups in total. The molecule has 1 aromatic carbocycles. The lowest BCUT2D eigenvalue weighted by atomic mass is 10.2. The summed E-state index contributed by atoms with van der Waals surface area (Å²) >= 11 is 0. The number of nitrogens with zero attached hydrogens (tertiary/aromatic N) is 2. The number of rotatable bonds is 1. The van der Waals surface area contributed by atoms with E-state index in [0.29, 0.717) is 0 Å². The maximum absolute atomic E-state index is 4.26. The van der Waals surface area contributed by atoms with Gasteiger partial charge in [0.15, 0.2) is 0 Å². The summed E-state index contributed by atoms with van der Waals surface area (Å²) in [5.41, 5.74) is 2.05. The normalized spacial score (nSPS) is 9.42. The first-order valence-electron chi connectivity index (χ1n) is 3.74. The van der Waals surface area contributed by atoms with Crippen molar-refractivity contribution in [3.63, 3.8) is 0 Å². The van der Waals surface area contributed by atoms with Gasteiger partial charge in [0.05, 0.1) is 5.69 Å². The number of hydrogen-bond donors (Lipinski definition) is 0. The van der Waals surface area contributed by atoms with Gasteiger partial charge in [0, 0.05) is 18.8 Å². The van der Waals surface area contributed by atoms with Crippen molar-refractivity contribution in [3.8, 4) is 11.3 Å². The Hall–Kier alpha value is -1.75. The third-order valence-corrected chi connectivity index (χ3v) is 1.67. The summed E-state index contributed by atoms with van der Waals surface area (Å²) in [6, 6.07) is 13.4. The van der Waals surface area contributed by atoms with Gasteiger partial charge in [-0.15, -0.1) is 0 Å². The maximum Gasteiger partial charge on any atom is 0.0929 e. The molecule has 0 bridgehead atoms. The minimum absolute atomic E-state index is 0.975. The van der Waals surface area contributed by atoms with E-state index < -0.39 is 0 Å². The van der Waals surface area contributed by atoms with Gasteiger partial charge in [-0.3, -0.25) is 4.68 Å². The Morgan fingerprint density at radius 2 is 2.25 bits per heavy atom. The topological polar surface area (TPSA) is 17.8 Å². The highest BCUT2D eigenvalue weighted by Gasteiger charge is 1.97. The molecule has 0 spiro atoms. The van der Waals surface area contributed by atoms with Gasteiger partial charge in [-0.1, -0.05) is 12.1 Å². The molecular formula is C10H8N2. The average molecular weight is 156 g/mol. The highest BCUT2D eigenvalue weighted by atomic mass is 15.2. The first-order valence-corrected chi connectivity index (χ1v) is 3.74. The monoisotopic (exact) mass is 156 g/mol. The van der Waals surface area contributed by atoms with E-state index in [1.807, 2.05) is 37.5 Å². The van der Waals surface area contributed by atoms with Crippen molar-refractivity contribution in [2.75, 3.05) is 0 Å². The zero-order valence-electron chi connectivity index (χ0n) is 6.78. The van der Waals surface area contributed by atoms with Gasteiger partial charge in [0.2, 0.25) is 0 Å². The van der Waals surface area contributed by atoms with Gasteiger partial charge in [-0.05, 0) is 24.3 Å². The van der Waals surface area contributed by atoms with Crippen molar-refractivity contribution in [1.29, 1.82) is 0 Å². The fourth-order valence-corrected chi connectivity index (χ4v) is 1.08. The van der Waals surface area contributed by atoms with Gasteiger partial charge in [0.1, 0.15) is 0 Å². The second-order valence-corrected chi connectivity index (χ2v) is 2.60. The molecule has 2 nitrogen and oxygen atoms in total. The number of aryl methyl sites for hydroxylation is 1. The Balaban J connectivity index is 2.45. The second kappa shape index (κ2) is 2.71. The van der Waals surface area contributed by atoms with Crippen molar-refractivity contribution in [1.82, 2.24) is 9.78 Å². The van der Waals surface area contributed by atoms with Crippen LogP contribution in [0.1, 0.15) is 0 Å². The summed E-state index contributed by atoms with van der Waals surface area (Å²) in [6.07, 6.45) is 1.92. The van der Waals surface area contributed by atoms with E-state index in [-0.39, 0.29) is 0 Å². The fourth-order valence-electron chi connectivity index (χ4n) is 1.08. The molecular weight excluding hydrogens is 148 g/mol. The number of aromatic nitrogens is 2. The Labute approximate surface area is 71.5 Å². The summed E-state index contributed by atoms with van der Waals surface area (Å²) < 4.78 is 1.78. The van der Waals surface area contributed by atoms with Crippen LogP contribution in [-0.4, -0.2) is 9.78 Å². The van der Waals surface area contributed by atoms with Crippen molar-refractivity contribution >= 4 is 0 Å². The molecule has 2 heteroatoms. The molecule has 0 aliphatic carbocycles. The molecule has 0 fully saturated rings. The third kappa shape index (κ3) is 1.17. The molecule has 58 valence electrons. The third-order valence-electron chi connectivity index (χ3n) is 1.67. The Morgan fingerprint density at radius 1 is 1.33 bits per heavy atom. The van der Waals surface area contributed by atoms with Crippen LogP contribution in [0.3, 0.4) is 0 Å². The molecule has 1 heterocycles. The standard InChI is InChI=1S/C10H8N2/c1-12-8-7-10(11-12)9-5-3-2-4-6-9/h3,5-8H,1H3. The molecule has 0 radical (unpaired) electrons. The Bertz CT molecular complexity index is 362. The van der Waals surface area contributed by atoms with Crippen LogP contribution in [0.4, 0.5) is 0 Å². The van der Waals surface area contributed by atoms with Crippen molar-refractivity contribution in [2.45, 2.75) is 0 Å². The summed E-state index contributed by atoms with van der Waals surface area (Å²) in [5.74, 6) is 0. The van der Waals surface area contributed by atoms with E-state index in [4.69, 9.17) is 0 Å². The molecule has 0 aliphatic rings. The molecule has 1 aromatic heterocycles. The van der Waals surface area contributed by atoms with Crippen LogP contribution in [0, 0.1) is 12.1 Å². The van der Waals surface area contributed by atoms with Crippen molar-refractivity contribution in [2.24, 2.45) is 7.05 Å². The van der Waals surface area contributed by atoms with Crippen LogP contribution in [-0.2, 0) is 7.05 Å². The molecule has 0 saturated carbocycles. The first-order chi connectivity index (χ1) is 5.86.